The predicted molar refractivity (Wildman–Crippen MR) is 113 cm³/mol. The Morgan fingerprint density at radius 2 is 1.81 bits per heavy atom. The molecule has 1 aromatic heterocycles. The van der Waals surface area contributed by atoms with E-state index in [4.69, 9.17) is 0 Å². The van der Waals surface area contributed by atoms with Crippen LogP contribution in [0.1, 0.15) is 19.4 Å². The van der Waals surface area contributed by atoms with Crippen LogP contribution in [-0.2, 0) is 7.05 Å². The summed E-state index contributed by atoms with van der Waals surface area (Å²) in [6.07, 6.45) is 1.10. The second-order valence-corrected chi connectivity index (χ2v) is 7.25. The number of halogens is 2. The van der Waals surface area contributed by atoms with Crippen molar-refractivity contribution in [1.29, 1.82) is 0 Å². The zero-order valence-corrected chi connectivity index (χ0v) is 17.4. The molecule has 0 radical (unpaired) electrons. The summed E-state index contributed by atoms with van der Waals surface area (Å²) in [4.78, 5) is 2.20. The standard InChI is InChI=1S/C18H23N3OS.CH4.2ClH/c1-12-16(22)14-9-6-5-8-13(14)15-17(12)23-18(21(15)4)19-10-7-11-20(2)3;;;/h5-6,8-9,22H,7,10-11H2,1-4H3;1H4;2*1H. The third-order valence-electron chi connectivity index (χ3n) is 4.25. The quantitative estimate of drug-likeness (QED) is 0.485. The van der Waals surface area contributed by atoms with Crippen molar-refractivity contribution in [3.8, 4) is 5.75 Å². The number of aromatic nitrogens is 1. The highest BCUT2D eigenvalue weighted by Crippen LogP contribution is 2.39. The van der Waals surface area contributed by atoms with E-state index in [1.54, 1.807) is 11.3 Å². The molecule has 0 spiro atoms. The van der Waals surface area contributed by atoms with E-state index in [-0.39, 0.29) is 32.2 Å². The molecule has 0 aliphatic heterocycles. The molecule has 26 heavy (non-hydrogen) atoms. The Labute approximate surface area is 172 Å². The van der Waals surface area contributed by atoms with Crippen LogP contribution in [0.15, 0.2) is 24.3 Å². The van der Waals surface area contributed by atoms with Gasteiger partial charge >= 0.3 is 5.13 Å². The van der Waals surface area contributed by atoms with Gasteiger partial charge in [0.05, 0.1) is 18.3 Å². The number of hydrogen-bond donors (Lipinski definition) is 2. The summed E-state index contributed by atoms with van der Waals surface area (Å²) in [6, 6.07) is 8.07. The van der Waals surface area contributed by atoms with Crippen LogP contribution >= 0.6 is 23.7 Å². The van der Waals surface area contributed by atoms with Crippen molar-refractivity contribution in [3.63, 3.8) is 0 Å². The molecule has 0 saturated carbocycles. The molecule has 2 aromatic carbocycles. The number of anilines is 1. The number of nitrogens with one attached hydrogen (secondary N) is 1. The Balaban J connectivity index is 0.00000208. The van der Waals surface area contributed by atoms with Gasteiger partial charge in [0.1, 0.15) is 5.75 Å². The Morgan fingerprint density at radius 3 is 2.42 bits per heavy atom. The van der Waals surface area contributed by atoms with Gasteiger partial charge in [0.25, 0.3) is 0 Å². The van der Waals surface area contributed by atoms with Gasteiger partial charge in [0.15, 0.2) is 5.52 Å². The lowest BCUT2D eigenvalue weighted by atomic mass is 10.0. The number of nitrogens with zero attached hydrogens (tertiary/aromatic N) is 2. The second kappa shape index (κ2) is 10.2. The van der Waals surface area contributed by atoms with E-state index in [9.17, 15) is 5.11 Å². The predicted octanol–water partition coefficient (Wildman–Crippen LogP) is 1.32. The van der Waals surface area contributed by atoms with E-state index in [2.05, 4.69) is 42.0 Å². The van der Waals surface area contributed by atoms with Crippen LogP contribution in [0.3, 0.4) is 0 Å². The van der Waals surface area contributed by atoms with Gasteiger partial charge < -0.3 is 22.4 Å². The molecular weight excluding hydrogens is 389 g/mol. The lowest BCUT2D eigenvalue weighted by molar-refractivity contribution is -0.625. The van der Waals surface area contributed by atoms with Crippen LogP contribution in [0.25, 0.3) is 21.0 Å². The average molecular weight is 418 g/mol. The Morgan fingerprint density at radius 1 is 1.19 bits per heavy atom. The highest BCUT2D eigenvalue weighted by Gasteiger charge is 2.21. The van der Waals surface area contributed by atoms with Crippen LogP contribution in [0.5, 0.6) is 5.75 Å². The summed E-state index contributed by atoms with van der Waals surface area (Å²) < 4.78 is 3.36. The number of aryl methyl sites for hydroxylation is 2. The van der Waals surface area contributed by atoms with Gasteiger partial charge in [-0.3, -0.25) is 5.32 Å². The van der Waals surface area contributed by atoms with Crippen molar-refractivity contribution in [2.24, 2.45) is 7.05 Å². The second-order valence-electron chi connectivity index (χ2n) is 6.25. The third-order valence-corrected chi connectivity index (χ3v) is 5.56. The first-order chi connectivity index (χ1) is 11.0. The van der Waals surface area contributed by atoms with Gasteiger partial charge in [-0.25, -0.2) is 4.57 Å². The fraction of sp³-hybridized carbons (Fsp3) is 0.421. The fourth-order valence-electron chi connectivity index (χ4n) is 2.98. The molecule has 7 heteroatoms. The number of fused-ring (bicyclic) bond motifs is 3. The zero-order chi connectivity index (χ0) is 16.6. The molecule has 0 aliphatic rings. The lowest BCUT2D eigenvalue weighted by Gasteiger charge is -2.07. The van der Waals surface area contributed by atoms with Crippen molar-refractivity contribution in [2.45, 2.75) is 20.8 Å². The molecular formula is C19H29Cl2N3OS. The molecule has 0 saturated heterocycles. The van der Waals surface area contributed by atoms with Crippen molar-refractivity contribution in [1.82, 2.24) is 4.90 Å². The first-order valence-electron chi connectivity index (χ1n) is 7.92. The van der Waals surface area contributed by atoms with Gasteiger partial charge in [0, 0.05) is 22.9 Å². The van der Waals surface area contributed by atoms with E-state index >= 15 is 0 Å². The number of benzene rings is 2. The van der Waals surface area contributed by atoms with E-state index in [0.717, 1.165) is 45.7 Å². The van der Waals surface area contributed by atoms with Crippen molar-refractivity contribution in [2.75, 3.05) is 32.5 Å². The number of phenols is 1. The molecule has 0 atom stereocenters. The maximum absolute atomic E-state index is 10.5. The topological polar surface area (TPSA) is 39.4 Å². The number of aromatic hydroxyl groups is 1. The van der Waals surface area contributed by atoms with Gasteiger partial charge in [-0.2, -0.15) is 0 Å². The summed E-state index contributed by atoms with van der Waals surface area (Å²) in [7, 11) is 6.28. The first kappa shape index (κ1) is 24.7. The maximum Gasteiger partial charge on any atom is 0.334 e. The minimum atomic E-state index is 0. The number of rotatable bonds is 5. The molecule has 0 bridgehead atoms. The molecule has 0 aliphatic carbocycles. The molecule has 0 unspecified atom stereocenters. The minimum Gasteiger partial charge on any atom is -1.00 e. The molecule has 0 amide bonds. The third kappa shape index (κ3) is 4.52. The van der Waals surface area contributed by atoms with Gasteiger partial charge in [-0.15, -0.1) is 12.4 Å². The molecule has 0 fully saturated rings. The molecule has 1 heterocycles. The molecule has 4 nitrogen and oxygen atoms in total. The van der Waals surface area contributed by atoms with Crippen LogP contribution in [0, 0.1) is 6.92 Å². The SMILES string of the molecule is C.Cc1c(O)c2ccccc2c2c1sc(NCCCN(C)C)[n+]2C.Cl.[Cl-]. The Bertz CT molecular complexity index is 865. The lowest BCUT2D eigenvalue weighted by Crippen LogP contribution is -3.00. The van der Waals surface area contributed by atoms with E-state index in [0.29, 0.717) is 5.75 Å². The normalized spacial score (nSPS) is 10.3. The summed E-state index contributed by atoms with van der Waals surface area (Å²) in [5, 5.41) is 17.2. The molecule has 3 rings (SSSR count). The van der Waals surface area contributed by atoms with E-state index in [1.807, 2.05) is 25.1 Å². The molecule has 146 valence electrons. The highest BCUT2D eigenvalue weighted by molar-refractivity contribution is 7.22. The van der Waals surface area contributed by atoms with Crippen molar-refractivity contribution in [3.05, 3.63) is 29.8 Å². The monoisotopic (exact) mass is 417 g/mol. The smallest absolute Gasteiger partial charge is 0.334 e. The van der Waals surface area contributed by atoms with Crippen molar-refractivity contribution < 1.29 is 22.1 Å². The van der Waals surface area contributed by atoms with Gasteiger partial charge in [-0.05, 0) is 44.8 Å². The van der Waals surface area contributed by atoms with Crippen LogP contribution in [-0.4, -0.2) is 37.2 Å². The zero-order valence-electron chi connectivity index (χ0n) is 15.0. The average Bonchev–Trinajstić information content (AvgIpc) is 2.86. The minimum absolute atomic E-state index is 0. The number of hydrogen-bond acceptors (Lipinski definition) is 4. The summed E-state index contributed by atoms with van der Waals surface area (Å²) >= 11 is 1.72. The van der Waals surface area contributed by atoms with Crippen LogP contribution in [0.2, 0.25) is 0 Å². The van der Waals surface area contributed by atoms with Crippen molar-refractivity contribution >= 4 is 49.9 Å². The summed E-state index contributed by atoms with van der Waals surface area (Å²) in [5.74, 6) is 0.397. The number of thiazole rings is 1. The Kier molecular flexibility index (Phi) is 9.67. The van der Waals surface area contributed by atoms with E-state index in [1.165, 1.54) is 5.52 Å². The fourth-order valence-corrected chi connectivity index (χ4v) is 4.16. The number of phenolic OH excluding ortho intramolecular Hbond substituents is 1. The maximum atomic E-state index is 10.5. The van der Waals surface area contributed by atoms with Gasteiger partial charge in [-0.1, -0.05) is 25.6 Å². The first-order valence-corrected chi connectivity index (χ1v) is 8.73. The van der Waals surface area contributed by atoms with Crippen LogP contribution in [0.4, 0.5) is 5.13 Å². The Hall–Kier alpha value is -1.27. The van der Waals surface area contributed by atoms with Gasteiger partial charge in [0.2, 0.25) is 0 Å². The molecule has 3 aromatic rings. The molecule has 2 N–H and O–H groups in total. The van der Waals surface area contributed by atoms with Crippen LogP contribution < -0.4 is 22.3 Å². The largest absolute Gasteiger partial charge is 1.00 e. The highest BCUT2D eigenvalue weighted by atomic mass is 35.5. The van der Waals surface area contributed by atoms with E-state index < -0.39 is 0 Å². The summed E-state index contributed by atoms with van der Waals surface area (Å²) in [6.45, 7) is 4.02. The summed E-state index contributed by atoms with van der Waals surface area (Å²) in [5.41, 5.74) is 2.15.